The van der Waals surface area contributed by atoms with Gasteiger partial charge in [0, 0.05) is 33.2 Å². The van der Waals surface area contributed by atoms with E-state index in [-0.39, 0.29) is 5.91 Å². The number of aryl methyl sites for hydroxylation is 1. The summed E-state index contributed by atoms with van der Waals surface area (Å²) in [4.78, 5) is 20.7. The van der Waals surface area contributed by atoms with Crippen LogP contribution in [0.25, 0.3) is 0 Å². The molecule has 0 bridgehead atoms. The molecule has 0 saturated carbocycles. The summed E-state index contributed by atoms with van der Waals surface area (Å²) in [5.74, 6) is 1.75. The molecule has 1 aromatic carbocycles. The number of amides is 1. The van der Waals surface area contributed by atoms with Gasteiger partial charge in [0.1, 0.15) is 5.75 Å². The van der Waals surface area contributed by atoms with Crippen LogP contribution in [0.15, 0.2) is 23.2 Å². The Bertz CT molecular complexity index is 597. The molecule has 0 aliphatic rings. The van der Waals surface area contributed by atoms with Crippen molar-refractivity contribution in [3.63, 3.8) is 0 Å². The second-order valence-electron chi connectivity index (χ2n) is 6.22. The first kappa shape index (κ1) is 21.8. The van der Waals surface area contributed by atoms with E-state index >= 15 is 0 Å². The highest BCUT2D eigenvalue weighted by Crippen LogP contribution is 2.20. The molecule has 0 aliphatic carbocycles. The number of ether oxygens (including phenoxy) is 1. The van der Waals surface area contributed by atoms with E-state index < -0.39 is 0 Å². The smallest absolute Gasteiger partial charge is 0.242 e. The molecule has 6 heteroatoms. The van der Waals surface area contributed by atoms with Crippen LogP contribution in [0.3, 0.4) is 0 Å². The van der Waals surface area contributed by atoms with Gasteiger partial charge in [-0.05, 0) is 45.7 Å². The summed E-state index contributed by atoms with van der Waals surface area (Å²) in [5.41, 5.74) is 2.35. The zero-order chi connectivity index (χ0) is 19.5. The number of likely N-dealkylation sites (N-methyl/N-ethyl adjacent to an activating group) is 2. The molecule has 0 atom stereocenters. The molecule has 0 fully saturated rings. The summed E-state index contributed by atoms with van der Waals surface area (Å²) < 4.78 is 5.43. The largest absolute Gasteiger partial charge is 0.496 e. The lowest BCUT2D eigenvalue weighted by Gasteiger charge is -2.25. The van der Waals surface area contributed by atoms with Gasteiger partial charge >= 0.3 is 0 Å². The molecule has 1 N–H and O–H groups in total. The molecule has 1 amide bonds. The molecule has 0 aliphatic heterocycles. The standard InChI is InChI=1S/C20H34N4O2/c1-7-21-20(23(5)15-19(25)24(8-2)9-3)22-13-12-17-14-16(4)10-11-18(17)26-6/h10-11,14H,7-9,12-13,15H2,1-6H3,(H,21,22). The average Bonchev–Trinajstić information content (AvgIpc) is 2.62. The highest BCUT2D eigenvalue weighted by Gasteiger charge is 2.15. The van der Waals surface area contributed by atoms with Crippen molar-refractivity contribution >= 4 is 11.9 Å². The van der Waals surface area contributed by atoms with Crippen LogP contribution in [-0.2, 0) is 11.2 Å². The number of benzene rings is 1. The van der Waals surface area contributed by atoms with E-state index in [4.69, 9.17) is 4.74 Å². The summed E-state index contributed by atoms with van der Waals surface area (Å²) in [6.07, 6.45) is 0.789. The summed E-state index contributed by atoms with van der Waals surface area (Å²) in [7, 11) is 3.59. The van der Waals surface area contributed by atoms with Crippen LogP contribution in [0.2, 0.25) is 0 Å². The van der Waals surface area contributed by atoms with E-state index in [1.165, 1.54) is 5.56 Å². The Labute approximate surface area is 158 Å². The first-order chi connectivity index (χ1) is 12.5. The van der Waals surface area contributed by atoms with Gasteiger partial charge in [-0.2, -0.15) is 0 Å². The number of carbonyl (C=O) groups is 1. The topological polar surface area (TPSA) is 57.2 Å². The van der Waals surface area contributed by atoms with Gasteiger partial charge in [-0.3, -0.25) is 9.79 Å². The van der Waals surface area contributed by atoms with Crippen molar-refractivity contribution in [2.24, 2.45) is 4.99 Å². The Morgan fingerprint density at radius 2 is 1.92 bits per heavy atom. The van der Waals surface area contributed by atoms with E-state index in [0.29, 0.717) is 13.1 Å². The van der Waals surface area contributed by atoms with Crippen molar-refractivity contribution in [2.45, 2.75) is 34.1 Å². The van der Waals surface area contributed by atoms with Crippen LogP contribution < -0.4 is 10.1 Å². The van der Waals surface area contributed by atoms with Gasteiger partial charge in [-0.15, -0.1) is 0 Å². The normalized spacial score (nSPS) is 11.2. The van der Waals surface area contributed by atoms with Gasteiger partial charge in [0.05, 0.1) is 13.7 Å². The number of carbonyl (C=O) groups excluding carboxylic acids is 1. The Balaban J connectivity index is 2.76. The fraction of sp³-hybridized carbons (Fsp3) is 0.600. The molecule has 0 saturated heterocycles. The minimum atomic E-state index is 0.114. The number of hydrogen-bond donors (Lipinski definition) is 1. The molecule has 0 unspecified atom stereocenters. The monoisotopic (exact) mass is 362 g/mol. The fourth-order valence-electron chi connectivity index (χ4n) is 2.81. The van der Waals surface area contributed by atoms with E-state index in [1.807, 2.05) is 49.8 Å². The van der Waals surface area contributed by atoms with Crippen molar-refractivity contribution in [3.8, 4) is 5.75 Å². The summed E-state index contributed by atoms with van der Waals surface area (Å²) >= 11 is 0. The molecule has 6 nitrogen and oxygen atoms in total. The van der Waals surface area contributed by atoms with Crippen molar-refractivity contribution in [1.82, 2.24) is 15.1 Å². The van der Waals surface area contributed by atoms with E-state index in [2.05, 4.69) is 23.3 Å². The number of methoxy groups -OCH3 is 1. The van der Waals surface area contributed by atoms with Gasteiger partial charge in [0.2, 0.25) is 5.91 Å². The molecule has 1 rings (SSSR count). The zero-order valence-corrected chi connectivity index (χ0v) is 17.1. The van der Waals surface area contributed by atoms with Gasteiger partial charge in [0.15, 0.2) is 5.96 Å². The van der Waals surface area contributed by atoms with Crippen LogP contribution >= 0.6 is 0 Å². The van der Waals surface area contributed by atoms with Gasteiger partial charge in [-0.25, -0.2) is 0 Å². The minimum absolute atomic E-state index is 0.114. The number of nitrogens with zero attached hydrogens (tertiary/aromatic N) is 3. The van der Waals surface area contributed by atoms with Crippen molar-refractivity contribution in [1.29, 1.82) is 0 Å². The molecule has 0 spiro atoms. The fourth-order valence-corrected chi connectivity index (χ4v) is 2.81. The van der Waals surface area contributed by atoms with Crippen LogP contribution in [-0.4, -0.2) is 68.5 Å². The molecule has 0 heterocycles. The van der Waals surface area contributed by atoms with Crippen LogP contribution in [0.1, 0.15) is 31.9 Å². The maximum Gasteiger partial charge on any atom is 0.242 e. The van der Waals surface area contributed by atoms with Gasteiger partial charge in [-0.1, -0.05) is 17.7 Å². The molecular weight excluding hydrogens is 328 g/mol. The number of aliphatic imine (C=N–C) groups is 1. The van der Waals surface area contributed by atoms with Gasteiger partial charge in [0.25, 0.3) is 0 Å². The third-order valence-corrected chi connectivity index (χ3v) is 4.26. The number of hydrogen-bond acceptors (Lipinski definition) is 3. The minimum Gasteiger partial charge on any atom is -0.496 e. The Morgan fingerprint density at radius 1 is 1.23 bits per heavy atom. The second-order valence-corrected chi connectivity index (χ2v) is 6.22. The summed E-state index contributed by atoms with van der Waals surface area (Å²) in [6.45, 7) is 11.3. The Kier molecular flexibility index (Phi) is 9.55. The quantitative estimate of drug-likeness (QED) is 0.541. The predicted molar refractivity (Wildman–Crippen MR) is 108 cm³/mol. The molecule has 0 aromatic heterocycles. The highest BCUT2D eigenvalue weighted by atomic mass is 16.5. The van der Waals surface area contributed by atoms with Crippen molar-refractivity contribution in [2.75, 3.05) is 46.9 Å². The average molecular weight is 363 g/mol. The maximum atomic E-state index is 12.3. The van der Waals surface area contributed by atoms with E-state index in [9.17, 15) is 4.79 Å². The lowest BCUT2D eigenvalue weighted by atomic mass is 10.1. The van der Waals surface area contributed by atoms with E-state index in [0.717, 1.165) is 43.3 Å². The maximum absolute atomic E-state index is 12.3. The van der Waals surface area contributed by atoms with Crippen molar-refractivity contribution < 1.29 is 9.53 Å². The zero-order valence-electron chi connectivity index (χ0n) is 17.1. The van der Waals surface area contributed by atoms with Crippen LogP contribution in [0.4, 0.5) is 0 Å². The van der Waals surface area contributed by atoms with Gasteiger partial charge < -0.3 is 19.9 Å². The second kappa shape index (κ2) is 11.4. The summed E-state index contributed by atoms with van der Waals surface area (Å²) in [5, 5.41) is 3.26. The first-order valence-corrected chi connectivity index (χ1v) is 9.37. The van der Waals surface area contributed by atoms with E-state index in [1.54, 1.807) is 7.11 Å². The molecule has 1 aromatic rings. The SMILES string of the molecule is CCNC(=NCCc1cc(C)ccc1OC)N(C)CC(=O)N(CC)CC. The first-order valence-electron chi connectivity index (χ1n) is 9.37. The van der Waals surface area contributed by atoms with Crippen LogP contribution in [0.5, 0.6) is 5.75 Å². The number of guanidine groups is 1. The lowest BCUT2D eigenvalue weighted by Crippen LogP contribution is -2.45. The number of rotatable bonds is 9. The lowest BCUT2D eigenvalue weighted by molar-refractivity contribution is -0.131. The Hall–Kier alpha value is -2.24. The third-order valence-electron chi connectivity index (χ3n) is 4.26. The molecule has 26 heavy (non-hydrogen) atoms. The Morgan fingerprint density at radius 3 is 2.50 bits per heavy atom. The summed E-state index contributed by atoms with van der Waals surface area (Å²) in [6, 6.07) is 6.17. The van der Waals surface area contributed by atoms with Crippen molar-refractivity contribution in [3.05, 3.63) is 29.3 Å². The highest BCUT2D eigenvalue weighted by molar-refractivity contribution is 5.86. The molecule has 0 radical (unpaired) electrons. The number of nitrogens with one attached hydrogen (secondary N) is 1. The predicted octanol–water partition coefficient (Wildman–Crippen LogP) is 2.31. The molecular formula is C20H34N4O2. The molecule has 146 valence electrons. The third kappa shape index (κ3) is 6.58. The van der Waals surface area contributed by atoms with Crippen LogP contribution in [0, 0.1) is 6.92 Å².